The van der Waals surface area contributed by atoms with E-state index in [9.17, 15) is 30.1 Å². The summed E-state index contributed by atoms with van der Waals surface area (Å²) in [4.78, 5) is 27.6. The van der Waals surface area contributed by atoms with E-state index in [1.165, 1.54) is 0 Å². The maximum absolute atomic E-state index is 13.3. The van der Waals surface area contributed by atoms with Crippen LogP contribution in [0.2, 0.25) is 0 Å². The van der Waals surface area contributed by atoms with Crippen molar-refractivity contribution in [1.82, 2.24) is 15.5 Å². The molecule has 1 fully saturated rings. The quantitative estimate of drug-likeness (QED) is 0.259. The first-order valence-corrected chi connectivity index (χ1v) is 10.9. The number of aliphatic hydroxyl groups is 3. The SMILES string of the molecule is CN(C)[C@H]1C[C@H]2C(=C3C(=O)N(O)NC34CC3=CC(O)=CCC3C=C4C2(C)O)C(C(N)=O)=C1O. The second-order valence-corrected chi connectivity index (χ2v) is 9.91. The molecule has 0 bridgehead atoms. The number of nitrogens with two attached hydrogens (primary N) is 1. The van der Waals surface area contributed by atoms with E-state index in [4.69, 9.17) is 5.73 Å². The molecule has 1 saturated heterocycles. The number of likely N-dealkylation sites (N-methyl/N-ethyl adjacent to an activating group) is 1. The monoisotopic (exact) mass is 456 g/mol. The molecule has 1 heterocycles. The Hall–Kier alpha value is -2.92. The fourth-order valence-electron chi connectivity index (χ4n) is 6.34. The molecule has 1 aliphatic heterocycles. The van der Waals surface area contributed by atoms with E-state index < -0.39 is 34.9 Å². The van der Waals surface area contributed by atoms with Crippen LogP contribution >= 0.6 is 0 Å². The van der Waals surface area contributed by atoms with E-state index in [0.717, 1.165) is 5.57 Å². The van der Waals surface area contributed by atoms with Gasteiger partial charge in [0.1, 0.15) is 11.5 Å². The first-order chi connectivity index (χ1) is 15.4. The number of primary amides is 1. The molecule has 7 N–H and O–H groups in total. The van der Waals surface area contributed by atoms with E-state index in [0.29, 0.717) is 17.2 Å². The first-order valence-electron chi connectivity index (χ1n) is 10.9. The Balaban J connectivity index is 1.86. The Labute approximate surface area is 190 Å². The number of nitrogens with zero attached hydrogens (tertiary/aromatic N) is 2. The Bertz CT molecular complexity index is 1140. The van der Waals surface area contributed by atoms with Gasteiger partial charge in [-0.15, -0.1) is 5.17 Å². The molecule has 33 heavy (non-hydrogen) atoms. The van der Waals surface area contributed by atoms with Crippen LogP contribution in [0.15, 0.2) is 57.6 Å². The molecule has 0 saturated carbocycles. The maximum Gasteiger partial charge on any atom is 0.290 e. The summed E-state index contributed by atoms with van der Waals surface area (Å²) < 4.78 is 0. The van der Waals surface area contributed by atoms with E-state index >= 15 is 0 Å². The van der Waals surface area contributed by atoms with Crippen molar-refractivity contribution in [1.29, 1.82) is 0 Å². The number of hydrazine groups is 1. The molecular weight excluding hydrogens is 428 g/mol. The van der Waals surface area contributed by atoms with Crippen LogP contribution in [0.3, 0.4) is 0 Å². The summed E-state index contributed by atoms with van der Waals surface area (Å²) in [5.41, 5.74) is 7.00. The smallest absolute Gasteiger partial charge is 0.290 e. The molecule has 3 unspecified atom stereocenters. The van der Waals surface area contributed by atoms with E-state index in [2.05, 4.69) is 5.43 Å². The molecule has 5 atom stereocenters. The summed E-state index contributed by atoms with van der Waals surface area (Å²) in [5, 5.41) is 43.9. The number of hydrogen-bond donors (Lipinski definition) is 6. The van der Waals surface area contributed by atoms with Crippen molar-refractivity contribution in [2.24, 2.45) is 17.6 Å². The molecule has 1 spiro atoms. The lowest BCUT2D eigenvalue weighted by atomic mass is 9.53. The number of carbonyl (C=O) groups is 2. The highest BCUT2D eigenvalue weighted by atomic mass is 16.6. The lowest BCUT2D eigenvalue weighted by molar-refractivity contribution is -0.169. The van der Waals surface area contributed by atoms with Gasteiger partial charge in [0.2, 0.25) is 0 Å². The summed E-state index contributed by atoms with van der Waals surface area (Å²) in [7, 11) is 3.49. The van der Waals surface area contributed by atoms with Gasteiger partial charge in [-0.25, -0.2) is 0 Å². The van der Waals surface area contributed by atoms with E-state index in [1.54, 1.807) is 38.1 Å². The van der Waals surface area contributed by atoms with Gasteiger partial charge in [-0.2, -0.15) is 5.43 Å². The fraction of sp³-hybridized carbons (Fsp3) is 0.478. The Morgan fingerprint density at radius 2 is 2.03 bits per heavy atom. The van der Waals surface area contributed by atoms with E-state index in [-0.39, 0.29) is 47.0 Å². The average molecular weight is 456 g/mol. The van der Waals surface area contributed by atoms with Crippen molar-refractivity contribution in [3.05, 3.63) is 57.6 Å². The molecule has 0 aromatic rings. The summed E-state index contributed by atoms with van der Waals surface area (Å²) >= 11 is 0. The van der Waals surface area contributed by atoms with Crippen LogP contribution in [0.25, 0.3) is 0 Å². The first kappa shape index (κ1) is 21.9. The van der Waals surface area contributed by atoms with Gasteiger partial charge in [-0.3, -0.25) is 19.7 Å². The number of allylic oxidation sites excluding steroid dienone is 3. The van der Waals surface area contributed by atoms with Gasteiger partial charge in [0, 0.05) is 11.8 Å². The van der Waals surface area contributed by atoms with Crippen molar-refractivity contribution in [2.75, 3.05) is 14.1 Å². The number of amides is 2. The highest BCUT2D eigenvalue weighted by molar-refractivity contribution is 6.06. The summed E-state index contributed by atoms with van der Waals surface area (Å²) in [5.74, 6) is -2.67. The molecule has 0 radical (unpaired) electrons. The second kappa shape index (κ2) is 6.80. The highest BCUT2D eigenvalue weighted by Gasteiger charge is 2.65. The van der Waals surface area contributed by atoms with Crippen LogP contribution in [0.1, 0.15) is 26.2 Å². The molecule has 0 aromatic carbocycles. The number of nitrogens with one attached hydrogen (secondary N) is 1. The lowest BCUT2D eigenvalue weighted by Crippen LogP contribution is -2.62. The number of rotatable bonds is 2. The minimum absolute atomic E-state index is 0.0822. The van der Waals surface area contributed by atoms with Crippen LogP contribution in [0.5, 0.6) is 0 Å². The molecule has 10 heteroatoms. The van der Waals surface area contributed by atoms with Crippen LogP contribution in [0.4, 0.5) is 0 Å². The Morgan fingerprint density at radius 1 is 1.33 bits per heavy atom. The zero-order valence-corrected chi connectivity index (χ0v) is 18.7. The minimum Gasteiger partial charge on any atom is -0.510 e. The summed E-state index contributed by atoms with van der Waals surface area (Å²) in [6, 6.07) is -0.593. The normalized spacial score (nSPS) is 37.8. The highest BCUT2D eigenvalue weighted by Crippen LogP contribution is 2.59. The minimum atomic E-state index is -1.53. The fourth-order valence-corrected chi connectivity index (χ4v) is 6.34. The predicted molar refractivity (Wildman–Crippen MR) is 116 cm³/mol. The molecule has 0 aromatic heterocycles. The van der Waals surface area contributed by atoms with Gasteiger partial charge in [-0.05, 0) is 63.6 Å². The number of carbonyl (C=O) groups excluding carboxylic acids is 2. The molecule has 4 aliphatic carbocycles. The van der Waals surface area contributed by atoms with E-state index in [1.807, 2.05) is 6.08 Å². The van der Waals surface area contributed by atoms with Crippen LogP contribution in [-0.4, -0.2) is 73.7 Å². The standard InChI is InChI=1S/C23H28N4O6/c1-22(32)13-8-14(26(2)3)19(29)17(20(24)30)16(13)18-21(31)27(33)25-23(18)9-11-6-12(28)5-4-10(11)7-15(22)23/h5-7,10,13-14,25,28-29,32-33H,4,8-9H2,1-3H3,(H2,24,30)/t10?,13-,14-,22?,23?/m0/s1. The molecule has 10 nitrogen and oxygen atoms in total. The lowest BCUT2D eigenvalue weighted by Gasteiger charge is -2.54. The van der Waals surface area contributed by atoms with Crippen molar-refractivity contribution in [2.45, 2.75) is 43.4 Å². The maximum atomic E-state index is 13.3. The predicted octanol–water partition coefficient (Wildman–Crippen LogP) is 0.488. The van der Waals surface area contributed by atoms with Gasteiger partial charge < -0.3 is 21.1 Å². The summed E-state index contributed by atoms with van der Waals surface area (Å²) in [6.45, 7) is 1.63. The number of aliphatic hydroxyl groups excluding tert-OH is 2. The van der Waals surface area contributed by atoms with Crippen molar-refractivity contribution >= 4 is 11.8 Å². The third kappa shape index (κ3) is 2.75. The topological polar surface area (TPSA) is 160 Å². The number of fused-ring (bicyclic) bond motifs is 2. The molecule has 5 aliphatic rings. The average Bonchev–Trinajstić information content (AvgIpc) is 2.95. The van der Waals surface area contributed by atoms with Gasteiger partial charge >= 0.3 is 0 Å². The zero-order valence-electron chi connectivity index (χ0n) is 18.7. The second-order valence-electron chi connectivity index (χ2n) is 9.91. The zero-order chi connectivity index (χ0) is 24.0. The molecule has 5 rings (SSSR count). The summed E-state index contributed by atoms with van der Waals surface area (Å²) in [6.07, 6.45) is 6.16. The van der Waals surface area contributed by atoms with Crippen molar-refractivity contribution < 1.29 is 30.1 Å². The molecular formula is C23H28N4O6. The third-order valence-electron chi connectivity index (χ3n) is 7.83. The van der Waals surface area contributed by atoms with Crippen LogP contribution < -0.4 is 11.2 Å². The Kier molecular flexibility index (Phi) is 4.51. The van der Waals surface area contributed by atoms with Crippen molar-refractivity contribution in [3.63, 3.8) is 0 Å². The van der Waals surface area contributed by atoms with Gasteiger partial charge in [0.05, 0.1) is 28.3 Å². The number of hydroxylamine groups is 1. The largest absolute Gasteiger partial charge is 0.510 e. The van der Waals surface area contributed by atoms with Crippen molar-refractivity contribution in [3.8, 4) is 0 Å². The third-order valence-corrected chi connectivity index (χ3v) is 7.83. The molecule has 176 valence electrons. The Morgan fingerprint density at radius 3 is 2.67 bits per heavy atom. The van der Waals surface area contributed by atoms with Gasteiger partial charge in [0.25, 0.3) is 11.8 Å². The number of hydrogen-bond acceptors (Lipinski definition) is 8. The molecule has 2 amide bonds. The van der Waals surface area contributed by atoms with Crippen LogP contribution in [-0.2, 0) is 9.59 Å². The van der Waals surface area contributed by atoms with Crippen LogP contribution in [0, 0.1) is 11.8 Å². The van der Waals surface area contributed by atoms with Gasteiger partial charge in [-0.1, -0.05) is 11.6 Å². The van der Waals surface area contributed by atoms with Gasteiger partial charge in [0.15, 0.2) is 0 Å².